The first-order valence-electron chi connectivity index (χ1n) is 21.2. The number of hydrogen-bond acceptors (Lipinski definition) is 2. The predicted molar refractivity (Wildman–Crippen MR) is 263 cm³/mol. The molecule has 0 unspecified atom stereocenters. The molecule has 0 spiro atoms. The van der Waals surface area contributed by atoms with Crippen molar-refractivity contribution in [3.05, 3.63) is 267 Å². The molecule has 0 aliphatic rings. The van der Waals surface area contributed by atoms with Gasteiger partial charge in [0.15, 0.2) is 0 Å². The van der Waals surface area contributed by atoms with E-state index >= 15 is 0 Å². The zero-order valence-corrected chi connectivity index (χ0v) is 34.3. The third-order valence-electron chi connectivity index (χ3n) is 11.5. The van der Waals surface area contributed by atoms with E-state index in [0.29, 0.717) is 0 Å². The Morgan fingerprint density at radius 1 is 0.145 bits per heavy atom. The van der Waals surface area contributed by atoms with Crippen molar-refractivity contribution in [3.63, 3.8) is 0 Å². The molecule has 0 aliphatic heterocycles. The van der Waals surface area contributed by atoms with Gasteiger partial charge in [0.2, 0.25) is 0 Å². The van der Waals surface area contributed by atoms with Crippen LogP contribution in [0.25, 0.3) is 55.6 Å². The van der Waals surface area contributed by atoms with E-state index in [2.05, 4.69) is 277 Å². The first kappa shape index (κ1) is 38.0. The average Bonchev–Trinajstić information content (AvgIpc) is 3.36. The molecule has 10 rings (SSSR count). The highest BCUT2D eigenvalue weighted by molar-refractivity contribution is 5.83. The molecule has 0 aromatic heterocycles. The molecule has 0 fully saturated rings. The molecule has 10 aromatic rings. The van der Waals surface area contributed by atoms with Crippen molar-refractivity contribution >= 4 is 34.1 Å². The Labute approximate surface area is 364 Å². The van der Waals surface area contributed by atoms with Crippen LogP contribution in [0, 0.1) is 0 Å². The lowest BCUT2D eigenvalue weighted by Gasteiger charge is -2.26. The smallest absolute Gasteiger partial charge is 0.0462 e. The Bertz CT molecular complexity index is 2980. The SMILES string of the molecule is c1ccc(-c2ccc(-c3ccc(N(c4ccccc4)c4ccc(-c5cccc(-c6ccc(N(c7ccccc7)c7ccc(-c8ccccc8)cc7)cc6)c5)cc4)cc3)cc2)cc1. The highest BCUT2D eigenvalue weighted by Gasteiger charge is 2.15. The van der Waals surface area contributed by atoms with Gasteiger partial charge in [-0.1, -0.05) is 188 Å². The molecule has 0 saturated carbocycles. The molecule has 62 heavy (non-hydrogen) atoms. The summed E-state index contributed by atoms with van der Waals surface area (Å²) in [4.78, 5) is 4.63. The summed E-state index contributed by atoms with van der Waals surface area (Å²) in [6.07, 6.45) is 0. The number of anilines is 6. The maximum absolute atomic E-state index is 2.32. The van der Waals surface area contributed by atoms with Crippen LogP contribution >= 0.6 is 0 Å². The Kier molecular flexibility index (Phi) is 10.8. The van der Waals surface area contributed by atoms with E-state index in [4.69, 9.17) is 0 Å². The lowest BCUT2D eigenvalue weighted by Crippen LogP contribution is -2.09. The van der Waals surface area contributed by atoms with Gasteiger partial charge in [-0.3, -0.25) is 0 Å². The topological polar surface area (TPSA) is 6.48 Å². The molecule has 0 radical (unpaired) electrons. The van der Waals surface area contributed by atoms with Gasteiger partial charge in [0.25, 0.3) is 0 Å². The summed E-state index contributed by atoms with van der Waals surface area (Å²) in [7, 11) is 0. The average molecular weight is 793 g/mol. The van der Waals surface area contributed by atoms with Crippen LogP contribution in [0.5, 0.6) is 0 Å². The van der Waals surface area contributed by atoms with Gasteiger partial charge < -0.3 is 9.80 Å². The zero-order chi connectivity index (χ0) is 41.5. The molecular weight excluding hydrogens is 749 g/mol. The Balaban J connectivity index is 0.893. The molecule has 0 atom stereocenters. The standard InChI is InChI=1S/C60H44N2/c1-5-14-45(15-6-1)47-24-26-48(27-25-47)50-30-38-58(39-31-50)62(56-22-11-4-12-23-56)60-42-34-52(35-43-60)54-19-13-18-53(44-54)51-32-40-59(41-33-51)61(55-20-9-3-10-21-55)57-36-28-49(29-37-57)46-16-7-2-8-17-46/h1-44H. The third kappa shape index (κ3) is 8.18. The number of para-hydroxylation sites is 2. The molecular formula is C60H44N2. The van der Waals surface area contributed by atoms with Crippen molar-refractivity contribution in [1.82, 2.24) is 0 Å². The van der Waals surface area contributed by atoms with Crippen molar-refractivity contribution in [2.45, 2.75) is 0 Å². The van der Waals surface area contributed by atoms with Gasteiger partial charge in [-0.25, -0.2) is 0 Å². The van der Waals surface area contributed by atoms with Crippen LogP contribution in [-0.4, -0.2) is 0 Å². The van der Waals surface area contributed by atoms with Crippen LogP contribution in [0.3, 0.4) is 0 Å². The predicted octanol–water partition coefficient (Wildman–Crippen LogP) is 17.0. The van der Waals surface area contributed by atoms with Gasteiger partial charge in [0.1, 0.15) is 0 Å². The van der Waals surface area contributed by atoms with E-state index < -0.39 is 0 Å². The molecule has 0 amide bonds. The van der Waals surface area contributed by atoms with Crippen LogP contribution in [-0.2, 0) is 0 Å². The monoisotopic (exact) mass is 792 g/mol. The largest absolute Gasteiger partial charge is 0.311 e. The second-order valence-electron chi connectivity index (χ2n) is 15.4. The van der Waals surface area contributed by atoms with E-state index in [0.717, 1.165) is 34.1 Å². The van der Waals surface area contributed by atoms with Crippen LogP contribution in [0.1, 0.15) is 0 Å². The minimum Gasteiger partial charge on any atom is -0.311 e. The van der Waals surface area contributed by atoms with Crippen molar-refractivity contribution in [2.75, 3.05) is 9.80 Å². The van der Waals surface area contributed by atoms with Crippen molar-refractivity contribution in [2.24, 2.45) is 0 Å². The van der Waals surface area contributed by atoms with Gasteiger partial charge in [-0.05, 0) is 134 Å². The molecule has 0 aliphatic carbocycles. The molecule has 0 bridgehead atoms. The van der Waals surface area contributed by atoms with Crippen molar-refractivity contribution in [3.8, 4) is 55.6 Å². The lowest BCUT2D eigenvalue weighted by molar-refractivity contribution is 1.28. The summed E-state index contributed by atoms with van der Waals surface area (Å²) < 4.78 is 0. The third-order valence-corrected chi connectivity index (χ3v) is 11.5. The second-order valence-corrected chi connectivity index (χ2v) is 15.4. The first-order valence-corrected chi connectivity index (χ1v) is 21.2. The number of benzene rings is 10. The van der Waals surface area contributed by atoms with E-state index in [-0.39, 0.29) is 0 Å². The molecule has 10 aromatic carbocycles. The Morgan fingerprint density at radius 3 is 0.629 bits per heavy atom. The quantitative estimate of drug-likeness (QED) is 0.129. The maximum atomic E-state index is 2.32. The molecule has 0 N–H and O–H groups in total. The van der Waals surface area contributed by atoms with Crippen molar-refractivity contribution in [1.29, 1.82) is 0 Å². The highest BCUT2D eigenvalue weighted by Crippen LogP contribution is 2.39. The highest BCUT2D eigenvalue weighted by atomic mass is 15.1. The normalized spacial score (nSPS) is 10.9. The summed E-state index contributed by atoms with van der Waals surface area (Å²) in [5.41, 5.74) is 18.6. The Morgan fingerprint density at radius 2 is 0.339 bits per heavy atom. The van der Waals surface area contributed by atoms with Crippen LogP contribution < -0.4 is 9.80 Å². The van der Waals surface area contributed by atoms with E-state index in [1.165, 1.54) is 55.6 Å². The summed E-state index contributed by atoms with van der Waals surface area (Å²) in [5, 5.41) is 0. The fourth-order valence-electron chi connectivity index (χ4n) is 8.26. The van der Waals surface area contributed by atoms with Gasteiger partial charge >= 0.3 is 0 Å². The summed E-state index contributed by atoms with van der Waals surface area (Å²) in [5.74, 6) is 0. The molecule has 0 heterocycles. The van der Waals surface area contributed by atoms with Crippen LogP contribution in [0.4, 0.5) is 34.1 Å². The molecule has 294 valence electrons. The van der Waals surface area contributed by atoms with Gasteiger partial charge in [-0.2, -0.15) is 0 Å². The molecule has 0 saturated heterocycles. The summed E-state index contributed by atoms with van der Waals surface area (Å²) in [6, 6.07) is 95.4. The number of nitrogens with zero attached hydrogens (tertiary/aromatic N) is 2. The summed E-state index contributed by atoms with van der Waals surface area (Å²) >= 11 is 0. The molecule has 2 heteroatoms. The second kappa shape index (κ2) is 17.6. The lowest BCUT2D eigenvalue weighted by atomic mass is 9.98. The van der Waals surface area contributed by atoms with Gasteiger partial charge in [0.05, 0.1) is 0 Å². The van der Waals surface area contributed by atoms with Crippen molar-refractivity contribution < 1.29 is 0 Å². The number of rotatable bonds is 11. The zero-order valence-electron chi connectivity index (χ0n) is 34.3. The Hall–Kier alpha value is -8.20. The number of hydrogen-bond donors (Lipinski definition) is 0. The fourth-order valence-corrected chi connectivity index (χ4v) is 8.26. The van der Waals surface area contributed by atoms with Crippen LogP contribution in [0.15, 0.2) is 267 Å². The maximum Gasteiger partial charge on any atom is 0.0462 e. The first-order chi connectivity index (χ1) is 30.7. The van der Waals surface area contributed by atoms with E-state index in [1.54, 1.807) is 0 Å². The fraction of sp³-hybridized carbons (Fsp3) is 0. The van der Waals surface area contributed by atoms with Crippen LogP contribution in [0.2, 0.25) is 0 Å². The summed E-state index contributed by atoms with van der Waals surface area (Å²) in [6.45, 7) is 0. The van der Waals surface area contributed by atoms with Gasteiger partial charge in [-0.15, -0.1) is 0 Å². The van der Waals surface area contributed by atoms with E-state index in [9.17, 15) is 0 Å². The minimum atomic E-state index is 1.10. The minimum absolute atomic E-state index is 1.10. The van der Waals surface area contributed by atoms with E-state index in [1.807, 2.05) is 0 Å². The molecule has 2 nitrogen and oxygen atoms in total. The van der Waals surface area contributed by atoms with Gasteiger partial charge in [0, 0.05) is 34.1 Å².